The number of nitrogens with one attached hydrogen (secondary N) is 1. The summed E-state index contributed by atoms with van der Waals surface area (Å²) in [5.74, 6) is 0.998. The van der Waals surface area contributed by atoms with E-state index in [1.165, 1.54) is 23.5 Å². The molecule has 0 spiro atoms. The van der Waals surface area contributed by atoms with E-state index in [-0.39, 0.29) is 5.41 Å². The fraction of sp³-hybridized carbons (Fsp3) is 0.467. The molecule has 4 heteroatoms. The minimum absolute atomic E-state index is 0.0642. The summed E-state index contributed by atoms with van der Waals surface area (Å²) in [6.45, 7) is 4.24. The minimum Gasteiger partial charge on any atom is -0.358 e. The molecule has 19 heavy (non-hydrogen) atoms. The van der Waals surface area contributed by atoms with Gasteiger partial charge in [0.15, 0.2) is 5.82 Å². The summed E-state index contributed by atoms with van der Waals surface area (Å²) in [4.78, 5) is 4.72. The van der Waals surface area contributed by atoms with Crippen LogP contribution in [0.2, 0.25) is 0 Å². The highest BCUT2D eigenvalue weighted by Crippen LogP contribution is 2.48. The second kappa shape index (κ2) is 4.93. The third-order valence-corrected chi connectivity index (χ3v) is 4.45. The van der Waals surface area contributed by atoms with Crippen molar-refractivity contribution in [1.29, 1.82) is 0 Å². The van der Waals surface area contributed by atoms with Crippen LogP contribution in [0.4, 0.5) is 5.13 Å². The van der Waals surface area contributed by atoms with Crippen LogP contribution in [-0.4, -0.2) is 15.4 Å². The third-order valence-electron chi connectivity index (χ3n) is 3.80. The number of anilines is 1. The average Bonchev–Trinajstić information content (AvgIpc) is 2.77. The molecule has 1 fully saturated rings. The highest BCUT2D eigenvalue weighted by atomic mass is 32.1. The first kappa shape index (κ1) is 12.6. The topological polar surface area (TPSA) is 37.8 Å². The lowest BCUT2D eigenvalue weighted by Gasteiger charge is -2.40. The maximum absolute atomic E-state index is 4.72. The SMILES string of the molecule is CC(C)Nc1nc(C2(c3ccccc3)CCC2)ns1. The van der Waals surface area contributed by atoms with Crippen LogP contribution in [0.15, 0.2) is 30.3 Å². The van der Waals surface area contributed by atoms with Crippen LogP contribution in [0, 0.1) is 0 Å². The fourth-order valence-electron chi connectivity index (χ4n) is 2.65. The predicted octanol–water partition coefficient (Wildman–Crippen LogP) is 3.83. The molecule has 0 amide bonds. The van der Waals surface area contributed by atoms with Crippen molar-refractivity contribution in [3.8, 4) is 0 Å². The normalized spacial score (nSPS) is 17.2. The second-order valence-corrected chi connectivity index (χ2v) is 6.28. The van der Waals surface area contributed by atoms with Crippen molar-refractivity contribution in [3.05, 3.63) is 41.7 Å². The Morgan fingerprint density at radius 2 is 1.95 bits per heavy atom. The summed E-state index contributed by atoms with van der Waals surface area (Å²) in [7, 11) is 0. The maximum atomic E-state index is 4.72. The standard InChI is InChI=1S/C15H19N3S/c1-11(2)16-14-17-13(18-19-14)15(9-6-10-15)12-7-4-3-5-8-12/h3-5,7-8,11H,6,9-10H2,1-2H3,(H,16,17,18). The van der Waals surface area contributed by atoms with Crippen LogP contribution in [0.25, 0.3) is 0 Å². The molecule has 1 aromatic heterocycles. The molecule has 2 aromatic rings. The lowest BCUT2D eigenvalue weighted by Crippen LogP contribution is -2.36. The number of hydrogen-bond acceptors (Lipinski definition) is 4. The van der Waals surface area contributed by atoms with Gasteiger partial charge in [0.05, 0.1) is 5.41 Å². The highest BCUT2D eigenvalue weighted by Gasteiger charge is 2.43. The molecule has 0 aliphatic heterocycles. The van der Waals surface area contributed by atoms with E-state index >= 15 is 0 Å². The molecular weight excluding hydrogens is 254 g/mol. The Hall–Kier alpha value is -1.42. The van der Waals surface area contributed by atoms with E-state index in [9.17, 15) is 0 Å². The first-order valence-electron chi connectivity index (χ1n) is 6.87. The first-order valence-corrected chi connectivity index (χ1v) is 7.64. The Balaban J connectivity index is 1.92. The van der Waals surface area contributed by atoms with Crippen LogP contribution in [0.3, 0.4) is 0 Å². The van der Waals surface area contributed by atoms with Crippen molar-refractivity contribution in [2.24, 2.45) is 0 Å². The van der Waals surface area contributed by atoms with Gasteiger partial charge in [-0.3, -0.25) is 0 Å². The summed E-state index contributed by atoms with van der Waals surface area (Å²) in [5.41, 5.74) is 1.42. The summed E-state index contributed by atoms with van der Waals surface area (Å²) < 4.78 is 4.61. The van der Waals surface area contributed by atoms with Gasteiger partial charge in [0.25, 0.3) is 0 Å². The average molecular weight is 273 g/mol. The largest absolute Gasteiger partial charge is 0.358 e. The Labute approximate surface area is 118 Å². The molecule has 100 valence electrons. The lowest BCUT2D eigenvalue weighted by molar-refractivity contribution is 0.288. The van der Waals surface area contributed by atoms with Crippen molar-refractivity contribution in [2.75, 3.05) is 5.32 Å². The van der Waals surface area contributed by atoms with Gasteiger partial charge < -0.3 is 5.32 Å². The molecule has 0 radical (unpaired) electrons. The van der Waals surface area contributed by atoms with E-state index < -0.39 is 0 Å². The van der Waals surface area contributed by atoms with E-state index in [0.29, 0.717) is 6.04 Å². The van der Waals surface area contributed by atoms with E-state index in [1.807, 2.05) is 0 Å². The van der Waals surface area contributed by atoms with Crippen LogP contribution >= 0.6 is 11.5 Å². The van der Waals surface area contributed by atoms with Gasteiger partial charge in [0, 0.05) is 17.6 Å². The number of rotatable bonds is 4. The molecule has 0 atom stereocenters. The van der Waals surface area contributed by atoms with Crippen molar-refractivity contribution < 1.29 is 0 Å². The molecule has 0 bridgehead atoms. The molecule has 1 N–H and O–H groups in total. The molecule has 3 rings (SSSR count). The van der Waals surface area contributed by atoms with Crippen molar-refractivity contribution >= 4 is 16.7 Å². The van der Waals surface area contributed by atoms with Gasteiger partial charge in [0.2, 0.25) is 5.13 Å². The smallest absolute Gasteiger partial charge is 0.202 e. The monoisotopic (exact) mass is 273 g/mol. The van der Waals surface area contributed by atoms with Gasteiger partial charge in [-0.15, -0.1) is 0 Å². The number of benzene rings is 1. The number of aromatic nitrogens is 2. The van der Waals surface area contributed by atoms with Crippen LogP contribution in [0.5, 0.6) is 0 Å². The Kier molecular flexibility index (Phi) is 3.27. The Bertz CT molecular complexity index is 544. The molecule has 3 nitrogen and oxygen atoms in total. The molecule has 0 saturated heterocycles. The van der Waals surface area contributed by atoms with Gasteiger partial charge in [-0.2, -0.15) is 4.37 Å². The summed E-state index contributed by atoms with van der Waals surface area (Å²) in [6, 6.07) is 11.1. The number of hydrogen-bond donors (Lipinski definition) is 1. The zero-order valence-electron chi connectivity index (χ0n) is 11.4. The van der Waals surface area contributed by atoms with Gasteiger partial charge in [-0.1, -0.05) is 36.8 Å². The molecule has 0 unspecified atom stereocenters. The molecule has 1 heterocycles. The second-order valence-electron chi connectivity index (χ2n) is 5.52. The van der Waals surface area contributed by atoms with Gasteiger partial charge in [-0.05, 0) is 32.3 Å². The lowest BCUT2D eigenvalue weighted by atomic mass is 9.64. The van der Waals surface area contributed by atoms with E-state index in [0.717, 1.165) is 23.8 Å². The van der Waals surface area contributed by atoms with Crippen molar-refractivity contribution in [3.63, 3.8) is 0 Å². The zero-order valence-corrected chi connectivity index (χ0v) is 12.2. The van der Waals surface area contributed by atoms with E-state index in [4.69, 9.17) is 4.98 Å². The highest BCUT2D eigenvalue weighted by molar-refractivity contribution is 7.09. The minimum atomic E-state index is 0.0642. The molecule has 1 aliphatic carbocycles. The van der Waals surface area contributed by atoms with Crippen molar-refractivity contribution in [2.45, 2.75) is 44.6 Å². The zero-order chi connectivity index (χ0) is 13.3. The van der Waals surface area contributed by atoms with Crippen LogP contribution in [-0.2, 0) is 5.41 Å². The quantitative estimate of drug-likeness (QED) is 0.920. The predicted molar refractivity (Wildman–Crippen MR) is 79.7 cm³/mol. The van der Waals surface area contributed by atoms with Gasteiger partial charge in [-0.25, -0.2) is 4.98 Å². The van der Waals surface area contributed by atoms with E-state index in [1.54, 1.807) is 0 Å². The molecule has 1 aromatic carbocycles. The molecule has 1 aliphatic rings. The summed E-state index contributed by atoms with van der Waals surface area (Å²) >= 11 is 1.48. The molecular formula is C15H19N3S. The van der Waals surface area contributed by atoms with Gasteiger partial charge in [0.1, 0.15) is 0 Å². The Morgan fingerprint density at radius 1 is 1.21 bits per heavy atom. The summed E-state index contributed by atoms with van der Waals surface area (Å²) in [5, 5.41) is 4.28. The summed E-state index contributed by atoms with van der Waals surface area (Å²) in [6.07, 6.45) is 3.59. The van der Waals surface area contributed by atoms with E-state index in [2.05, 4.69) is 53.9 Å². The van der Waals surface area contributed by atoms with Gasteiger partial charge >= 0.3 is 0 Å². The number of nitrogens with zero attached hydrogens (tertiary/aromatic N) is 2. The van der Waals surface area contributed by atoms with Crippen LogP contribution in [0.1, 0.15) is 44.5 Å². The maximum Gasteiger partial charge on any atom is 0.202 e. The molecule has 1 saturated carbocycles. The van der Waals surface area contributed by atoms with Crippen LogP contribution < -0.4 is 5.32 Å². The Morgan fingerprint density at radius 3 is 2.53 bits per heavy atom. The fourth-order valence-corrected chi connectivity index (χ4v) is 3.46. The first-order chi connectivity index (χ1) is 9.21. The van der Waals surface area contributed by atoms with Crippen molar-refractivity contribution in [1.82, 2.24) is 9.36 Å². The third kappa shape index (κ3) is 2.25.